The number of amides is 2. The molecule has 1 aliphatic heterocycles. The highest BCUT2D eigenvalue weighted by Crippen LogP contribution is 2.14. The number of carbonyl (C=O) groups excluding carboxylic acids is 2. The van der Waals surface area contributed by atoms with Crippen LogP contribution in [0.15, 0.2) is 30.3 Å². The van der Waals surface area contributed by atoms with E-state index in [1.165, 1.54) is 4.90 Å². The number of hydrogen-bond donors (Lipinski definition) is 0. The van der Waals surface area contributed by atoms with Crippen LogP contribution in [0.3, 0.4) is 0 Å². The minimum absolute atomic E-state index is 0.450. The Morgan fingerprint density at radius 1 is 1.21 bits per heavy atom. The van der Waals surface area contributed by atoms with Crippen molar-refractivity contribution in [1.82, 2.24) is 4.90 Å². The smallest absolute Gasteiger partial charge is 0.316 e. The minimum atomic E-state index is -0.476. The highest BCUT2D eigenvalue weighted by atomic mass is 16.5. The van der Waals surface area contributed by atoms with Crippen molar-refractivity contribution in [2.45, 2.75) is 6.92 Å². The number of para-hydroxylation sites is 1. The lowest BCUT2D eigenvalue weighted by atomic mass is 10.2. The average molecular weight is 262 g/mol. The molecule has 0 bridgehead atoms. The van der Waals surface area contributed by atoms with Gasteiger partial charge in [-0.2, -0.15) is 0 Å². The van der Waals surface area contributed by atoms with Crippen LogP contribution in [0.1, 0.15) is 6.92 Å². The molecule has 19 heavy (non-hydrogen) atoms. The van der Waals surface area contributed by atoms with E-state index in [1.54, 1.807) is 4.90 Å². The van der Waals surface area contributed by atoms with Crippen molar-refractivity contribution in [3.05, 3.63) is 30.3 Å². The Hall–Kier alpha value is -1.88. The molecule has 1 heterocycles. The second kappa shape index (κ2) is 6.33. The van der Waals surface area contributed by atoms with Crippen LogP contribution in [0.4, 0.5) is 5.69 Å². The lowest BCUT2D eigenvalue weighted by Gasteiger charge is -2.29. The first-order valence-electron chi connectivity index (χ1n) is 6.47. The van der Waals surface area contributed by atoms with Gasteiger partial charge >= 0.3 is 11.8 Å². The van der Waals surface area contributed by atoms with Crippen molar-refractivity contribution in [2.75, 3.05) is 37.7 Å². The minimum Gasteiger partial charge on any atom is -0.378 e. The highest BCUT2D eigenvalue weighted by molar-refractivity contribution is 6.40. The summed E-state index contributed by atoms with van der Waals surface area (Å²) in [5.41, 5.74) is 0.747. The number of ether oxygens (including phenoxy) is 1. The van der Waals surface area contributed by atoms with Crippen LogP contribution in [-0.2, 0) is 14.3 Å². The van der Waals surface area contributed by atoms with E-state index < -0.39 is 11.8 Å². The molecule has 2 rings (SSSR count). The van der Waals surface area contributed by atoms with Crippen LogP contribution in [0.25, 0.3) is 0 Å². The topological polar surface area (TPSA) is 49.9 Å². The number of nitrogens with zero attached hydrogens (tertiary/aromatic N) is 2. The maximum Gasteiger partial charge on any atom is 0.316 e. The third-order valence-corrected chi connectivity index (χ3v) is 3.11. The van der Waals surface area contributed by atoms with Crippen LogP contribution in [0.5, 0.6) is 0 Å². The summed E-state index contributed by atoms with van der Waals surface area (Å²) in [7, 11) is 0. The molecule has 1 aliphatic rings. The molecule has 0 saturated carbocycles. The molecule has 102 valence electrons. The molecule has 0 aromatic heterocycles. The number of anilines is 1. The van der Waals surface area contributed by atoms with E-state index in [4.69, 9.17) is 4.74 Å². The molecule has 2 amide bonds. The molecule has 5 heteroatoms. The van der Waals surface area contributed by atoms with Gasteiger partial charge in [-0.25, -0.2) is 0 Å². The number of benzene rings is 1. The fourth-order valence-electron chi connectivity index (χ4n) is 2.07. The molecule has 0 radical (unpaired) electrons. The monoisotopic (exact) mass is 262 g/mol. The van der Waals surface area contributed by atoms with Gasteiger partial charge in [0.15, 0.2) is 0 Å². The van der Waals surface area contributed by atoms with Gasteiger partial charge in [0.25, 0.3) is 0 Å². The third-order valence-electron chi connectivity index (χ3n) is 3.11. The van der Waals surface area contributed by atoms with Crippen molar-refractivity contribution in [3.8, 4) is 0 Å². The lowest BCUT2D eigenvalue weighted by molar-refractivity contribution is -0.147. The molecule has 0 N–H and O–H groups in total. The lowest BCUT2D eigenvalue weighted by Crippen LogP contribution is -2.49. The molecule has 0 spiro atoms. The van der Waals surface area contributed by atoms with Gasteiger partial charge in [-0.1, -0.05) is 18.2 Å². The van der Waals surface area contributed by atoms with E-state index >= 15 is 0 Å². The predicted octanol–water partition coefficient (Wildman–Crippen LogP) is 0.898. The van der Waals surface area contributed by atoms with Crippen LogP contribution < -0.4 is 4.90 Å². The van der Waals surface area contributed by atoms with E-state index in [0.717, 1.165) is 5.69 Å². The second-order valence-electron chi connectivity index (χ2n) is 4.29. The van der Waals surface area contributed by atoms with Crippen molar-refractivity contribution in [1.29, 1.82) is 0 Å². The van der Waals surface area contributed by atoms with Crippen molar-refractivity contribution >= 4 is 17.5 Å². The molecule has 1 fully saturated rings. The van der Waals surface area contributed by atoms with E-state index in [2.05, 4.69) is 0 Å². The van der Waals surface area contributed by atoms with Gasteiger partial charge in [0.1, 0.15) is 0 Å². The first kappa shape index (κ1) is 13.5. The van der Waals surface area contributed by atoms with Gasteiger partial charge in [0, 0.05) is 25.3 Å². The maximum absolute atomic E-state index is 12.3. The van der Waals surface area contributed by atoms with Gasteiger partial charge in [-0.15, -0.1) is 0 Å². The highest BCUT2D eigenvalue weighted by Gasteiger charge is 2.28. The predicted molar refractivity (Wildman–Crippen MR) is 71.9 cm³/mol. The Morgan fingerprint density at radius 2 is 1.84 bits per heavy atom. The van der Waals surface area contributed by atoms with Crippen molar-refractivity contribution in [2.24, 2.45) is 0 Å². The van der Waals surface area contributed by atoms with Gasteiger partial charge in [-0.3, -0.25) is 9.59 Å². The van der Waals surface area contributed by atoms with E-state index in [1.807, 2.05) is 37.3 Å². The molecular formula is C14H18N2O3. The molecule has 0 atom stereocenters. The number of rotatable bonds is 2. The van der Waals surface area contributed by atoms with Crippen molar-refractivity contribution < 1.29 is 14.3 Å². The number of hydrogen-bond acceptors (Lipinski definition) is 3. The number of carbonyl (C=O) groups is 2. The van der Waals surface area contributed by atoms with Crippen LogP contribution in [0.2, 0.25) is 0 Å². The van der Waals surface area contributed by atoms with Crippen LogP contribution >= 0.6 is 0 Å². The Bertz CT molecular complexity index is 441. The average Bonchev–Trinajstić information content (AvgIpc) is 2.49. The first-order valence-corrected chi connectivity index (χ1v) is 6.47. The summed E-state index contributed by atoms with van der Waals surface area (Å²) in [5.74, 6) is -0.926. The van der Waals surface area contributed by atoms with Crippen LogP contribution in [-0.4, -0.2) is 49.6 Å². The Morgan fingerprint density at radius 3 is 2.42 bits per heavy atom. The molecule has 0 aliphatic carbocycles. The normalized spacial score (nSPS) is 15.1. The maximum atomic E-state index is 12.3. The van der Waals surface area contributed by atoms with Crippen LogP contribution in [0, 0.1) is 0 Å². The van der Waals surface area contributed by atoms with E-state index in [9.17, 15) is 9.59 Å². The summed E-state index contributed by atoms with van der Waals surface area (Å²) in [4.78, 5) is 27.5. The Balaban J connectivity index is 2.10. The SMILES string of the molecule is CCN(C(=O)C(=O)N1CCOCC1)c1ccccc1. The second-order valence-corrected chi connectivity index (χ2v) is 4.29. The summed E-state index contributed by atoms with van der Waals surface area (Å²) in [6, 6.07) is 9.24. The summed E-state index contributed by atoms with van der Waals surface area (Å²) < 4.78 is 5.18. The molecule has 1 saturated heterocycles. The Kier molecular flexibility index (Phi) is 4.52. The molecule has 1 aromatic rings. The summed E-state index contributed by atoms with van der Waals surface area (Å²) in [6.07, 6.45) is 0. The first-order chi connectivity index (χ1) is 9.24. The zero-order valence-corrected chi connectivity index (χ0v) is 11.0. The summed E-state index contributed by atoms with van der Waals surface area (Å²) in [5, 5.41) is 0. The third kappa shape index (κ3) is 3.12. The van der Waals surface area contributed by atoms with Gasteiger partial charge in [-0.05, 0) is 19.1 Å². The van der Waals surface area contributed by atoms with E-state index in [0.29, 0.717) is 32.8 Å². The zero-order chi connectivity index (χ0) is 13.7. The molecule has 1 aromatic carbocycles. The van der Waals surface area contributed by atoms with Gasteiger partial charge in [0.2, 0.25) is 0 Å². The van der Waals surface area contributed by atoms with Gasteiger partial charge in [0.05, 0.1) is 13.2 Å². The fourth-order valence-corrected chi connectivity index (χ4v) is 2.07. The van der Waals surface area contributed by atoms with E-state index in [-0.39, 0.29) is 0 Å². The zero-order valence-electron chi connectivity index (χ0n) is 11.0. The number of morpholine rings is 1. The quantitative estimate of drug-likeness (QED) is 0.744. The molecule has 5 nitrogen and oxygen atoms in total. The summed E-state index contributed by atoms with van der Waals surface area (Å²) >= 11 is 0. The largest absolute Gasteiger partial charge is 0.378 e. The standard InChI is InChI=1S/C14H18N2O3/c1-2-16(12-6-4-3-5-7-12)14(18)13(17)15-8-10-19-11-9-15/h3-7H,2,8-11H2,1H3. The molecular weight excluding hydrogens is 244 g/mol. The summed E-state index contributed by atoms with van der Waals surface area (Å²) in [6.45, 7) is 4.29. The number of likely N-dealkylation sites (N-methyl/N-ethyl adjacent to an activating group) is 1. The fraction of sp³-hybridized carbons (Fsp3) is 0.429. The molecule has 0 unspecified atom stereocenters. The Labute approximate surface area is 112 Å². The van der Waals surface area contributed by atoms with Crippen molar-refractivity contribution in [3.63, 3.8) is 0 Å². The van der Waals surface area contributed by atoms with Gasteiger partial charge < -0.3 is 14.5 Å².